The molecule has 6 nitrogen and oxygen atoms in total. The Labute approximate surface area is 157 Å². The molecule has 2 saturated heterocycles. The summed E-state index contributed by atoms with van der Waals surface area (Å²) in [5, 5.41) is 2.98. The Bertz CT molecular complexity index is 768. The lowest BCUT2D eigenvalue weighted by Crippen LogP contribution is -2.48. The zero-order chi connectivity index (χ0) is 18.5. The van der Waals surface area contributed by atoms with Gasteiger partial charge in [-0.15, -0.1) is 11.8 Å². The van der Waals surface area contributed by atoms with Crippen molar-refractivity contribution in [1.82, 2.24) is 4.90 Å². The molecular formula is C19H24N2O4S. The number of nitrogens with zero attached hydrogens (tertiary/aromatic N) is 1. The molecule has 3 aliphatic rings. The third kappa shape index (κ3) is 2.82. The second-order valence-corrected chi connectivity index (χ2v) is 8.78. The smallest absolute Gasteiger partial charge is 0.248 e. The van der Waals surface area contributed by atoms with Gasteiger partial charge < -0.3 is 19.7 Å². The highest BCUT2D eigenvalue weighted by Gasteiger charge is 2.53. The zero-order valence-electron chi connectivity index (χ0n) is 15.3. The molecule has 4 rings (SSSR count). The van der Waals surface area contributed by atoms with E-state index < -0.39 is 6.04 Å². The summed E-state index contributed by atoms with van der Waals surface area (Å²) in [6, 6.07) is 3.35. The molecule has 3 heterocycles. The number of benzene rings is 1. The van der Waals surface area contributed by atoms with Crippen LogP contribution in [0.2, 0.25) is 0 Å². The van der Waals surface area contributed by atoms with E-state index in [-0.39, 0.29) is 22.8 Å². The summed E-state index contributed by atoms with van der Waals surface area (Å²) >= 11 is 1.69. The van der Waals surface area contributed by atoms with Crippen LogP contribution in [-0.4, -0.2) is 46.1 Å². The predicted molar refractivity (Wildman–Crippen MR) is 101 cm³/mol. The van der Waals surface area contributed by atoms with Crippen LogP contribution in [-0.2, 0) is 16.0 Å². The van der Waals surface area contributed by atoms with Crippen molar-refractivity contribution in [3.8, 4) is 11.5 Å². The SMILES string of the molecule is CCOc1cc2c(cc1NC(=O)C1CSC3(C)CCC(=O)N13)OC(C)C2. The molecule has 0 aliphatic carbocycles. The van der Waals surface area contributed by atoms with Gasteiger partial charge in [0.05, 0.1) is 17.2 Å². The molecule has 2 fully saturated rings. The summed E-state index contributed by atoms with van der Waals surface area (Å²) < 4.78 is 11.5. The standard InChI is InChI=1S/C19H24N2O4S/c1-4-24-16-8-12-7-11(2)25-15(12)9-13(16)20-18(23)14-10-26-19(3)6-5-17(22)21(14)19/h8-9,11,14H,4-7,10H2,1-3H3,(H,20,23). The first-order valence-corrected chi connectivity index (χ1v) is 10.1. The number of anilines is 1. The first-order chi connectivity index (χ1) is 12.4. The van der Waals surface area contributed by atoms with Gasteiger partial charge >= 0.3 is 0 Å². The largest absolute Gasteiger partial charge is 0.492 e. The Morgan fingerprint density at radius 3 is 3.08 bits per heavy atom. The van der Waals surface area contributed by atoms with Crippen LogP contribution in [0, 0.1) is 0 Å². The van der Waals surface area contributed by atoms with Gasteiger partial charge in [0.25, 0.3) is 0 Å². The van der Waals surface area contributed by atoms with Crippen LogP contribution in [0.15, 0.2) is 12.1 Å². The highest BCUT2D eigenvalue weighted by atomic mass is 32.2. The van der Waals surface area contributed by atoms with Crippen LogP contribution in [0.25, 0.3) is 0 Å². The fourth-order valence-electron chi connectivity index (χ4n) is 4.04. The average molecular weight is 376 g/mol. The topological polar surface area (TPSA) is 67.9 Å². The molecule has 1 aromatic rings. The van der Waals surface area contributed by atoms with Crippen LogP contribution in [0.1, 0.15) is 39.2 Å². The summed E-state index contributed by atoms with van der Waals surface area (Å²) in [7, 11) is 0. The molecule has 3 unspecified atom stereocenters. The van der Waals surface area contributed by atoms with E-state index in [1.165, 1.54) is 0 Å². The molecule has 1 aromatic carbocycles. The first-order valence-electron chi connectivity index (χ1n) is 9.14. The van der Waals surface area contributed by atoms with Gasteiger partial charge in [-0.05, 0) is 33.3 Å². The predicted octanol–water partition coefficient (Wildman–Crippen LogP) is 2.80. The fraction of sp³-hybridized carbons (Fsp3) is 0.579. The number of ether oxygens (including phenoxy) is 2. The number of carbonyl (C=O) groups is 2. The van der Waals surface area contributed by atoms with Gasteiger partial charge in [0, 0.05) is 30.2 Å². The quantitative estimate of drug-likeness (QED) is 0.875. The van der Waals surface area contributed by atoms with Crippen molar-refractivity contribution in [3.63, 3.8) is 0 Å². The monoisotopic (exact) mass is 376 g/mol. The lowest BCUT2D eigenvalue weighted by molar-refractivity contribution is -0.135. The molecule has 2 amide bonds. The Balaban J connectivity index is 1.58. The highest BCUT2D eigenvalue weighted by molar-refractivity contribution is 8.01. The molecule has 3 aliphatic heterocycles. The van der Waals surface area contributed by atoms with Crippen LogP contribution in [0.3, 0.4) is 0 Å². The Hall–Kier alpha value is -1.89. The van der Waals surface area contributed by atoms with E-state index in [4.69, 9.17) is 9.47 Å². The summed E-state index contributed by atoms with van der Waals surface area (Å²) in [6.45, 7) is 6.50. The lowest BCUT2D eigenvalue weighted by atomic mass is 10.1. The number of hydrogen-bond acceptors (Lipinski definition) is 5. The van der Waals surface area contributed by atoms with Crippen molar-refractivity contribution >= 4 is 29.3 Å². The molecule has 0 radical (unpaired) electrons. The number of nitrogens with one attached hydrogen (secondary N) is 1. The maximum Gasteiger partial charge on any atom is 0.248 e. The van der Waals surface area contributed by atoms with E-state index in [1.807, 2.05) is 32.9 Å². The van der Waals surface area contributed by atoms with Gasteiger partial charge in [-0.2, -0.15) is 0 Å². The number of fused-ring (bicyclic) bond motifs is 2. The summed E-state index contributed by atoms with van der Waals surface area (Å²) in [5.74, 6) is 1.96. The maximum atomic E-state index is 13.0. The van der Waals surface area contributed by atoms with Gasteiger partial charge in [0.1, 0.15) is 23.6 Å². The number of amides is 2. The molecule has 0 saturated carbocycles. The zero-order valence-corrected chi connectivity index (χ0v) is 16.1. The van der Waals surface area contributed by atoms with E-state index in [9.17, 15) is 9.59 Å². The van der Waals surface area contributed by atoms with E-state index >= 15 is 0 Å². The minimum absolute atomic E-state index is 0.0637. The van der Waals surface area contributed by atoms with Crippen molar-refractivity contribution in [2.24, 2.45) is 0 Å². The first kappa shape index (κ1) is 17.5. The summed E-state index contributed by atoms with van der Waals surface area (Å²) in [6.07, 6.45) is 2.28. The number of carbonyl (C=O) groups excluding carboxylic acids is 2. The maximum absolute atomic E-state index is 13.0. The van der Waals surface area contributed by atoms with Crippen molar-refractivity contribution in [3.05, 3.63) is 17.7 Å². The number of hydrogen-bond donors (Lipinski definition) is 1. The van der Waals surface area contributed by atoms with Crippen molar-refractivity contribution in [2.45, 2.75) is 57.1 Å². The second kappa shape index (κ2) is 6.37. The molecule has 0 spiro atoms. The van der Waals surface area contributed by atoms with Crippen molar-refractivity contribution < 1.29 is 19.1 Å². The van der Waals surface area contributed by atoms with E-state index in [2.05, 4.69) is 5.32 Å². The number of thioether (sulfide) groups is 1. The highest BCUT2D eigenvalue weighted by Crippen LogP contribution is 2.47. The third-order valence-corrected chi connectivity index (χ3v) is 6.81. The van der Waals surface area contributed by atoms with E-state index in [0.717, 1.165) is 24.2 Å². The summed E-state index contributed by atoms with van der Waals surface area (Å²) in [5.41, 5.74) is 1.70. The van der Waals surface area contributed by atoms with Gasteiger partial charge in [-0.3, -0.25) is 9.59 Å². The molecule has 0 bridgehead atoms. The second-order valence-electron chi connectivity index (χ2n) is 7.28. The normalized spacial score (nSPS) is 29.3. The summed E-state index contributed by atoms with van der Waals surface area (Å²) in [4.78, 5) is 26.7. The minimum Gasteiger partial charge on any atom is -0.492 e. The third-order valence-electron chi connectivity index (χ3n) is 5.30. The van der Waals surface area contributed by atoms with Gasteiger partial charge in [-0.25, -0.2) is 0 Å². The average Bonchev–Trinajstić information content (AvgIpc) is 3.20. The van der Waals surface area contributed by atoms with Crippen molar-refractivity contribution in [2.75, 3.05) is 17.7 Å². The molecule has 0 aromatic heterocycles. The van der Waals surface area contributed by atoms with Crippen molar-refractivity contribution in [1.29, 1.82) is 0 Å². The van der Waals surface area contributed by atoms with Gasteiger partial charge in [0.15, 0.2) is 0 Å². The van der Waals surface area contributed by atoms with Crippen LogP contribution >= 0.6 is 11.8 Å². The Morgan fingerprint density at radius 1 is 1.50 bits per heavy atom. The molecular weight excluding hydrogens is 352 g/mol. The minimum atomic E-state index is -0.442. The van der Waals surface area contributed by atoms with Gasteiger partial charge in [-0.1, -0.05) is 0 Å². The van der Waals surface area contributed by atoms with Gasteiger partial charge in [0.2, 0.25) is 11.8 Å². The Morgan fingerprint density at radius 2 is 2.31 bits per heavy atom. The van der Waals surface area contributed by atoms with Crippen LogP contribution < -0.4 is 14.8 Å². The van der Waals surface area contributed by atoms with Crippen LogP contribution in [0.5, 0.6) is 11.5 Å². The fourth-order valence-corrected chi connectivity index (χ4v) is 5.47. The molecule has 26 heavy (non-hydrogen) atoms. The lowest BCUT2D eigenvalue weighted by Gasteiger charge is -2.30. The van der Waals surface area contributed by atoms with E-state index in [0.29, 0.717) is 30.2 Å². The van der Waals surface area contributed by atoms with E-state index in [1.54, 1.807) is 16.7 Å². The molecule has 3 atom stereocenters. The Kier molecular flexibility index (Phi) is 4.29. The molecule has 1 N–H and O–H groups in total. The molecule has 140 valence electrons. The van der Waals surface area contributed by atoms with Crippen LogP contribution in [0.4, 0.5) is 5.69 Å². The number of rotatable bonds is 4. The molecule has 7 heteroatoms.